The molecule has 0 aliphatic rings. The number of nitrogens with zero attached hydrogens (tertiary/aromatic N) is 2. The first-order valence-electron chi connectivity index (χ1n) is 6.33. The third-order valence-electron chi connectivity index (χ3n) is 2.65. The number of hydrogen-bond donors (Lipinski definition) is 2. The molecule has 2 aromatic rings. The van der Waals surface area contributed by atoms with Crippen LogP contribution < -0.4 is 11.3 Å². The number of aromatic amines is 1. The fourth-order valence-corrected chi connectivity index (χ4v) is 1.54. The van der Waals surface area contributed by atoms with Crippen LogP contribution in [-0.2, 0) is 10.3 Å². The molecule has 1 atom stereocenters. The van der Waals surface area contributed by atoms with Gasteiger partial charge in [0.15, 0.2) is 5.82 Å². The molecule has 20 heavy (non-hydrogen) atoms. The van der Waals surface area contributed by atoms with Crippen LogP contribution in [0, 0.1) is 0 Å². The molecule has 108 valence electrons. The number of hydrogen-bond acceptors (Lipinski definition) is 6. The lowest BCUT2D eigenvalue weighted by molar-refractivity contribution is 0.0410. The van der Waals surface area contributed by atoms with Crippen LogP contribution >= 0.6 is 0 Å². The fourth-order valence-electron chi connectivity index (χ4n) is 1.54. The van der Waals surface area contributed by atoms with E-state index in [0.29, 0.717) is 11.5 Å². The van der Waals surface area contributed by atoms with Gasteiger partial charge in [0.2, 0.25) is 5.56 Å². The minimum absolute atomic E-state index is 0.0646. The van der Waals surface area contributed by atoms with E-state index < -0.39 is 5.54 Å². The molecular formula is C13H18N4O3. The molecule has 0 aliphatic carbocycles. The maximum Gasteiger partial charge on any atom is 0.274 e. The van der Waals surface area contributed by atoms with Crippen LogP contribution in [0.15, 0.2) is 27.5 Å². The topological polar surface area (TPSA) is 107 Å². The SMILES string of the molecule is CC(C)OCC(C)(N)c1noc(-c2cccc(=O)[nH]2)n1. The Morgan fingerprint density at radius 1 is 1.50 bits per heavy atom. The Balaban J connectivity index is 2.22. The van der Waals surface area contributed by atoms with Crippen LogP contribution in [0.2, 0.25) is 0 Å². The predicted molar refractivity (Wildman–Crippen MR) is 73.0 cm³/mol. The van der Waals surface area contributed by atoms with Crippen molar-refractivity contribution in [2.75, 3.05) is 6.61 Å². The molecule has 0 radical (unpaired) electrons. The number of nitrogens with two attached hydrogens (primary N) is 1. The average Bonchev–Trinajstić information content (AvgIpc) is 2.87. The summed E-state index contributed by atoms with van der Waals surface area (Å²) in [6, 6.07) is 4.70. The lowest BCUT2D eigenvalue weighted by atomic mass is 10.1. The van der Waals surface area contributed by atoms with Gasteiger partial charge < -0.3 is 20.0 Å². The Morgan fingerprint density at radius 3 is 2.90 bits per heavy atom. The van der Waals surface area contributed by atoms with Crippen molar-refractivity contribution in [3.05, 3.63) is 34.4 Å². The molecule has 0 aliphatic heterocycles. The molecule has 0 bridgehead atoms. The van der Waals surface area contributed by atoms with Crippen molar-refractivity contribution in [1.29, 1.82) is 0 Å². The number of nitrogens with one attached hydrogen (secondary N) is 1. The van der Waals surface area contributed by atoms with Crippen molar-refractivity contribution in [3.8, 4) is 11.6 Å². The van der Waals surface area contributed by atoms with Gasteiger partial charge in [-0.3, -0.25) is 4.79 Å². The van der Waals surface area contributed by atoms with Crippen LogP contribution in [0.4, 0.5) is 0 Å². The zero-order valence-electron chi connectivity index (χ0n) is 11.7. The summed E-state index contributed by atoms with van der Waals surface area (Å²) < 4.78 is 10.6. The monoisotopic (exact) mass is 278 g/mol. The quantitative estimate of drug-likeness (QED) is 0.845. The van der Waals surface area contributed by atoms with Crippen LogP contribution in [0.25, 0.3) is 11.6 Å². The Hall–Kier alpha value is -1.99. The first kappa shape index (κ1) is 14.4. The summed E-state index contributed by atoms with van der Waals surface area (Å²) in [5.74, 6) is 0.553. The van der Waals surface area contributed by atoms with Gasteiger partial charge in [0.1, 0.15) is 11.2 Å². The van der Waals surface area contributed by atoms with Gasteiger partial charge in [0.25, 0.3) is 5.89 Å². The van der Waals surface area contributed by atoms with Crippen molar-refractivity contribution in [3.63, 3.8) is 0 Å². The van der Waals surface area contributed by atoms with Gasteiger partial charge in [0, 0.05) is 6.07 Å². The molecule has 2 rings (SSSR count). The van der Waals surface area contributed by atoms with E-state index in [1.54, 1.807) is 19.1 Å². The minimum Gasteiger partial charge on any atom is -0.376 e. The van der Waals surface area contributed by atoms with Gasteiger partial charge >= 0.3 is 0 Å². The van der Waals surface area contributed by atoms with Crippen LogP contribution in [0.5, 0.6) is 0 Å². The molecule has 0 amide bonds. The number of rotatable bonds is 5. The molecule has 0 spiro atoms. The van der Waals surface area contributed by atoms with E-state index in [4.69, 9.17) is 15.0 Å². The molecule has 2 heterocycles. The van der Waals surface area contributed by atoms with E-state index in [1.165, 1.54) is 6.07 Å². The zero-order valence-corrected chi connectivity index (χ0v) is 11.7. The highest BCUT2D eigenvalue weighted by atomic mass is 16.5. The normalized spacial score (nSPS) is 14.4. The molecule has 7 heteroatoms. The van der Waals surface area contributed by atoms with Crippen LogP contribution in [0.3, 0.4) is 0 Å². The largest absolute Gasteiger partial charge is 0.376 e. The van der Waals surface area contributed by atoms with E-state index in [1.807, 2.05) is 13.8 Å². The summed E-state index contributed by atoms with van der Waals surface area (Å²) in [5.41, 5.74) is 5.49. The van der Waals surface area contributed by atoms with E-state index in [2.05, 4.69) is 15.1 Å². The fraction of sp³-hybridized carbons (Fsp3) is 0.462. The second-order valence-corrected chi connectivity index (χ2v) is 5.13. The summed E-state index contributed by atoms with van der Waals surface area (Å²) in [6.45, 7) is 5.88. The van der Waals surface area contributed by atoms with Crippen molar-refractivity contribution < 1.29 is 9.26 Å². The van der Waals surface area contributed by atoms with Crippen molar-refractivity contribution >= 4 is 0 Å². The predicted octanol–water partition coefficient (Wildman–Crippen LogP) is 1.02. The molecule has 0 fully saturated rings. The second-order valence-electron chi connectivity index (χ2n) is 5.13. The first-order chi connectivity index (χ1) is 9.38. The van der Waals surface area contributed by atoms with Gasteiger partial charge in [-0.25, -0.2) is 0 Å². The number of H-pyrrole nitrogens is 1. The Kier molecular flexibility index (Phi) is 4.01. The molecule has 0 aromatic carbocycles. The molecular weight excluding hydrogens is 260 g/mol. The van der Waals surface area contributed by atoms with Crippen molar-refractivity contribution in [2.24, 2.45) is 5.73 Å². The molecule has 2 aromatic heterocycles. The molecule has 3 N–H and O–H groups in total. The average molecular weight is 278 g/mol. The third kappa shape index (κ3) is 3.31. The maximum atomic E-state index is 11.3. The van der Waals surface area contributed by atoms with Crippen LogP contribution in [-0.4, -0.2) is 27.8 Å². The summed E-state index contributed by atoms with van der Waals surface area (Å²) >= 11 is 0. The standard InChI is InChI=1S/C13H18N4O3/c1-8(2)19-7-13(3,14)12-16-11(20-17-12)9-5-4-6-10(18)15-9/h4-6,8H,7,14H2,1-3H3,(H,15,18). The van der Waals surface area contributed by atoms with Gasteiger partial charge in [-0.2, -0.15) is 4.98 Å². The first-order valence-corrected chi connectivity index (χ1v) is 6.33. The maximum absolute atomic E-state index is 11.3. The number of aromatic nitrogens is 3. The van der Waals surface area contributed by atoms with E-state index in [9.17, 15) is 4.79 Å². The lowest BCUT2D eigenvalue weighted by Crippen LogP contribution is -2.40. The summed E-state index contributed by atoms with van der Waals surface area (Å²) in [6.07, 6.45) is 0.0646. The minimum atomic E-state index is -0.860. The smallest absolute Gasteiger partial charge is 0.274 e. The van der Waals surface area contributed by atoms with Gasteiger partial charge in [0.05, 0.1) is 12.7 Å². The van der Waals surface area contributed by atoms with Crippen LogP contribution in [0.1, 0.15) is 26.6 Å². The van der Waals surface area contributed by atoms with E-state index >= 15 is 0 Å². The summed E-state index contributed by atoms with van der Waals surface area (Å²) in [5, 5.41) is 3.86. The number of ether oxygens (including phenoxy) is 1. The highest BCUT2D eigenvalue weighted by Gasteiger charge is 2.28. The zero-order chi connectivity index (χ0) is 14.8. The third-order valence-corrected chi connectivity index (χ3v) is 2.65. The van der Waals surface area contributed by atoms with E-state index in [0.717, 1.165) is 0 Å². The number of pyridine rings is 1. The Labute approximate surface area is 116 Å². The highest BCUT2D eigenvalue weighted by Crippen LogP contribution is 2.19. The lowest BCUT2D eigenvalue weighted by Gasteiger charge is -2.21. The van der Waals surface area contributed by atoms with Gasteiger partial charge in [-0.05, 0) is 26.8 Å². The molecule has 0 saturated heterocycles. The summed E-state index contributed by atoms with van der Waals surface area (Å²) in [7, 11) is 0. The molecule has 7 nitrogen and oxygen atoms in total. The Bertz CT molecular complexity index is 630. The van der Waals surface area contributed by atoms with Gasteiger partial charge in [-0.1, -0.05) is 11.2 Å². The second kappa shape index (κ2) is 5.56. The van der Waals surface area contributed by atoms with Gasteiger partial charge in [-0.15, -0.1) is 0 Å². The molecule has 1 unspecified atom stereocenters. The molecule has 0 saturated carbocycles. The summed E-state index contributed by atoms with van der Waals surface area (Å²) in [4.78, 5) is 18.1. The van der Waals surface area contributed by atoms with Crippen molar-refractivity contribution in [2.45, 2.75) is 32.4 Å². The highest BCUT2D eigenvalue weighted by molar-refractivity contribution is 5.45. The van der Waals surface area contributed by atoms with Crippen molar-refractivity contribution in [1.82, 2.24) is 15.1 Å². The van der Waals surface area contributed by atoms with E-state index in [-0.39, 0.29) is 24.2 Å². The Morgan fingerprint density at radius 2 is 2.25 bits per heavy atom.